The van der Waals surface area contributed by atoms with Crippen molar-refractivity contribution in [3.63, 3.8) is 0 Å². The Morgan fingerprint density at radius 3 is 2.31 bits per heavy atom. The number of fused-ring (bicyclic) bond motifs is 1. The Balaban J connectivity index is 1.07. The number of thioether (sulfide) groups is 1. The number of carbonyl (C=O) groups is 1. The van der Waals surface area contributed by atoms with Crippen LogP contribution in [0.1, 0.15) is 22.3 Å². The monoisotopic (exact) mass is 691 g/mol. The van der Waals surface area contributed by atoms with Gasteiger partial charge in [0, 0.05) is 35.4 Å². The largest absolute Gasteiger partial charge is 0.379 e. The van der Waals surface area contributed by atoms with Gasteiger partial charge >= 0.3 is 0 Å². The number of carbonyl (C=O) groups excluding carboxylic acids is 1. The summed E-state index contributed by atoms with van der Waals surface area (Å²) in [5.41, 5.74) is 4.84. The standard InChI is InChI=1S/C37H33N5O5S2/c43-37(40-49(46,47)32-18-19-33(36(25-32)42(44)45)38-21-23-48-31-11-5-2-6-12-31)29-15-13-28(14-16-29)30-17-20-35-34(24-30)39-26-41(35)22-7-10-27-8-3-1-4-9-27/h1-6,8-9,11-20,24-26,38H,7,10,21-23H2,(H,40,43). The van der Waals surface area contributed by atoms with Gasteiger partial charge < -0.3 is 9.88 Å². The molecule has 49 heavy (non-hydrogen) atoms. The Hall–Kier alpha value is -5.46. The molecule has 5 aromatic carbocycles. The number of nitrogens with zero attached hydrogens (tertiary/aromatic N) is 3. The van der Waals surface area contributed by atoms with Gasteiger partial charge in [0.1, 0.15) is 5.69 Å². The molecule has 6 aromatic rings. The first-order valence-electron chi connectivity index (χ1n) is 15.6. The third-order valence-corrected chi connectivity index (χ3v) is 10.3. The van der Waals surface area contributed by atoms with E-state index in [1.165, 1.54) is 29.8 Å². The maximum Gasteiger partial charge on any atom is 0.293 e. The van der Waals surface area contributed by atoms with Crippen LogP contribution >= 0.6 is 11.8 Å². The van der Waals surface area contributed by atoms with E-state index < -0.39 is 26.5 Å². The Kier molecular flexibility index (Phi) is 10.4. The minimum atomic E-state index is -4.40. The summed E-state index contributed by atoms with van der Waals surface area (Å²) >= 11 is 1.59. The summed E-state index contributed by atoms with van der Waals surface area (Å²) in [6.07, 6.45) is 3.82. The van der Waals surface area contributed by atoms with Crippen LogP contribution in [-0.4, -0.2) is 41.1 Å². The number of aromatic nitrogens is 2. The molecule has 10 nitrogen and oxygen atoms in total. The number of aryl methyl sites for hydroxylation is 2. The Bertz CT molecular complexity index is 2190. The van der Waals surface area contributed by atoms with Crippen LogP contribution in [0.4, 0.5) is 11.4 Å². The molecule has 0 saturated heterocycles. The molecule has 1 amide bonds. The molecular weight excluding hydrogens is 659 g/mol. The number of nitro groups is 1. The second-order valence-corrected chi connectivity index (χ2v) is 14.1. The summed E-state index contributed by atoms with van der Waals surface area (Å²) in [4.78, 5) is 29.4. The second-order valence-electron chi connectivity index (χ2n) is 11.3. The van der Waals surface area contributed by atoms with Crippen LogP contribution in [0.15, 0.2) is 137 Å². The predicted molar refractivity (Wildman–Crippen MR) is 193 cm³/mol. The van der Waals surface area contributed by atoms with Crippen LogP contribution in [0.2, 0.25) is 0 Å². The fraction of sp³-hybridized carbons (Fsp3) is 0.135. The highest BCUT2D eigenvalue weighted by Crippen LogP contribution is 2.29. The van der Waals surface area contributed by atoms with E-state index in [1.807, 2.05) is 77.8 Å². The number of sulfonamides is 1. The molecule has 0 unspecified atom stereocenters. The molecule has 0 aliphatic rings. The molecule has 12 heteroatoms. The van der Waals surface area contributed by atoms with Crippen LogP contribution in [0.5, 0.6) is 0 Å². The molecule has 0 radical (unpaired) electrons. The fourth-order valence-corrected chi connectivity index (χ4v) is 7.21. The first kappa shape index (κ1) is 33.4. The summed E-state index contributed by atoms with van der Waals surface area (Å²) in [5.74, 6) is -0.205. The van der Waals surface area contributed by atoms with E-state index in [2.05, 4.69) is 27.0 Å². The maximum atomic E-state index is 13.1. The minimum Gasteiger partial charge on any atom is -0.379 e. The van der Waals surface area contributed by atoms with Gasteiger partial charge in [-0.1, -0.05) is 66.7 Å². The average molecular weight is 692 g/mol. The molecule has 6 rings (SSSR count). The van der Waals surface area contributed by atoms with E-state index in [4.69, 9.17) is 0 Å². The molecule has 1 heterocycles. The smallest absolute Gasteiger partial charge is 0.293 e. The molecule has 0 spiro atoms. The van der Waals surface area contributed by atoms with Crippen molar-refractivity contribution in [3.05, 3.63) is 149 Å². The van der Waals surface area contributed by atoms with E-state index in [1.54, 1.807) is 23.9 Å². The first-order chi connectivity index (χ1) is 23.8. The number of anilines is 1. The van der Waals surface area contributed by atoms with Gasteiger partial charge in [0.05, 0.1) is 27.2 Å². The summed E-state index contributed by atoms with van der Waals surface area (Å²) in [5, 5.41) is 14.8. The molecule has 0 aliphatic heterocycles. The number of benzene rings is 5. The second kappa shape index (κ2) is 15.2. The van der Waals surface area contributed by atoms with Crippen molar-refractivity contribution < 1.29 is 18.1 Å². The highest BCUT2D eigenvalue weighted by Gasteiger charge is 2.24. The molecule has 2 N–H and O–H groups in total. The third kappa shape index (κ3) is 8.34. The van der Waals surface area contributed by atoms with Crippen molar-refractivity contribution >= 4 is 50.1 Å². The summed E-state index contributed by atoms with van der Waals surface area (Å²) < 4.78 is 30.3. The van der Waals surface area contributed by atoms with Crippen molar-refractivity contribution in [2.45, 2.75) is 29.2 Å². The number of imidazole rings is 1. The number of hydrogen-bond donors (Lipinski definition) is 2. The van der Waals surface area contributed by atoms with Crippen molar-refractivity contribution in [1.82, 2.24) is 14.3 Å². The Morgan fingerprint density at radius 1 is 0.857 bits per heavy atom. The zero-order valence-corrected chi connectivity index (χ0v) is 28.0. The van der Waals surface area contributed by atoms with Crippen molar-refractivity contribution in [1.29, 1.82) is 0 Å². The SMILES string of the molecule is O=C(NS(=O)(=O)c1ccc(NCCSc2ccccc2)c([N+](=O)[O-])c1)c1ccc(-c2ccc3c(c2)ncn3CCCc2ccccc2)cc1. The van der Waals surface area contributed by atoms with Gasteiger partial charge in [0.25, 0.3) is 21.6 Å². The molecule has 0 aliphatic carbocycles. The summed E-state index contributed by atoms with van der Waals surface area (Å²) in [7, 11) is -4.40. The maximum absolute atomic E-state index is 13.1. The van der Waals surface area contributed by atoms with Crippen molar-refractivity contribution in [2.75, 3.05) is 17.6 Å². The van der Waals surface area contributed by atoms with Gasteiger partial charge in [0.2, 0.25) is 0 Å². The number of nitrogens with one attached hydrogen (secondary N) is 2. The van der Waals surface area contributed by atoms with Crippen LogP contribution in [0, 0.1) is 10.1 Å². The van der Waals surface area contributed by atoms with E-state index in [-0.39, 0.29) is 16.1 Å². The number of nitro benzene ring substituents is 1. The zero-order valence-electron chi connectivity index (χ0n) is 26.4. The van der Waals surface area contributed by atoms with Crippen LogP contribution < -0.4 is 10.0 Å². The molecule has 0 fully saturated rings. The summed E-state index contributed by atoms with van der Waals surface area (Å²) in [6.45, 7) is 1.27. The number of amides is 1. The number of rotatable bonds is 14. The molecule has 0 atom stereocenters. The lowest BCUT2D eigenvalue weighted by atomic mass is 10.0. The number of hydrogen-bond acceptors (Lipinski definition) is 8. The topological polar surface area (TPSA) is 136 Å². The average Bonchev–Trinajstić information content (AvgIpc) is 3.53. The minimum absolute atomic E-state index is 0.125. The zero-order chi connectivity index (χ0) is 34.2. The lowest BCUT2D eigenvalue weighted by Gasteiger charge is -2.11. The first-order valence-corrected chi connectivity index (χ1v) is 18.1. The van der Waals surface area contributed by atoms with Crippen molar-refractivity contribution in [3.8, 4) is 11.1 Å². The summed E-state index contributed by atoms with van der Waals surface area (Å²) in [6, 6.07) is 36.2. The van der Waals surface area contributed by atoms with Gasteiger partial charge in [-0.3, -0.25) is 14.9 Å². The third-order valence-electron chi connectivity index (χ3n) is 7.94. The van der Waals surface area contributed by atoms with Crippen molar-refractivity contribution in [2.24, 2.45) is 0 Å². The molecule has 1 aromatic heterocycles. The lowest BCUT2D eigenvalue weighted by molar-refractivity contribution is -0.384. The highest BCUT2D eigenvalue weighted by atomic mass is 32.2. The van der Waals surface area contributed by atoms with Crippen LogP contribution in [0.25, 0.3) is 22.2 Å². The fourth-order valence-electron chi connectivity index (χ4n) is 5.42. The van der Waals surface area contributed by atoms with E-state index in [9.17, 15) is 23.3 Å². The lowest BCUT2D eigenvalue weighted by Crippen LogP contribution is -2.30. The van der Waals surface area contributed by atoms with Gasteiger partial charge in [-0.15, -0.1) is 11.8 Å². The van der Waals surface area contributed by atoms with E-state index in [0.717, 1.165) is 52.5 Å². The van der Waals surface area contributed by atoms with Gasteiger partial charge in [-0.2, -0.15) is 0 Å². The highest BCUT2D eigenvalue weighted by molar-refractivity contribution is 7.99. The van der Waals surface area contributed by atoms with E-state index in [0.29, 0.717) is 12.3 Å². The van der Waals surface area contributed by atoms with Gasteiger partial charge in [0.15, 0.2) is 0 Å². The van der Waals surface area contributed by atoms with Gasteiger partial charge in [-0.25, -0.2) is 18.1 Å². The molecule has 0 saturated carbocycles. The van der Waals surface area contributed by atoms with E-state index >= 15 is 0 Å². The van der Waals surface area contributed by atoms with Crippen LogP contribution in [-0.2, 0) is 23.0 Å². The quantitative estimate of drug-likeness (QED) is 0.0517. The van der Waals surface area contributed by atoms with Crippen LogP contribution in [0.3, 0.4) is 0 Å². The van der Waals surface area contributed by atoms with Gasteiger partial charge in [-0.05, 0) is 78.1 Å². The normalized spacial score (nSPS) is 11.3. The Labute approximate surface area is 288 Å². The predicted octanol–water partition coefficient (Wildman–Crippen LogP) is 7.57. The molecule has 0 bridgehead atoms. The Morgan fingerprint density at radius 2 is 1.57 bits per heavy atom. The molecule has 248 valence electrons. The molecular formula is C37H33N5O5S2.